The van der Waals surface area contributed by atoms with Gasteiger partial charge in [-0.15, -0.1) is 0 Å². The van der Waals surface area contributed by atoms with Crippen molar-refractivity contribution in [2.24, 2.45) is 5.92 Å². The van der Waals surface area contributed by atoms with Crippen molar-refractivity contribution in [2.45, 2.75) is 26.7 Å². The topological polar surface area (TPSA) is 62.6 Å². The van der Waals surface area contributed by atoms with Crippen LogP contribution in [-0.4, -0.2) is 29.8 Å². The molecule has 1 aromatic heterocycles. The molecule has 5 heteroatoms. The molecule has 1 aliphatic rings. The van der Waals surface area contributed by atoms with Crippen molar-refractivity contribution in [3.63, 3.8) is 0 Å². The van der Waals surface area contributed by atoms with Crippen molar-refractivity contribution in [3.05, 3.63) is 17.9 Å². The first-order valence-electron chi connectivity index (χ1n) is 6.23. The second-order valence-corrected chi connectivity index (χ2v) is 4.82. The van der Waals surface area contributed by atoms with Crippen molar-refractivity contribution in [2.75, 3.05) is 18.4 Å². The van der Waals surface area contributed by atoms with Crippen LogP contribution < -0.4 is 5.32 Å². The number of rotatable bonds is 2. The molecule has 98 valence electrons. The minimum Gasteiger partial charge on any atom is -0.435 e. The van der Waals surface area contributed by atoms with Crippen LogP contribution in [0.4, 0.5) is 5.88 Å². The van der Waals surface area contributed by atoms with Crippen molar-refractivity contribution >= 4 is 17.7 Å². The predicted molar refractivity (Wildman–Crippen MR) is 67.3 cm³/mol. The molecule has 0 aliphatic carbocycles. The van der Waals surface area contributed by atoms with Gasteiger partial charge in [0.2, 0.25) is 5.91 Å². The fraction of sp³-hybridized carbons (Fsp3) is 0.538. The Labute approximate surface area is 106 Å². The lowest BCUT2D eigenvalue weighted by atomic mass is 9.99. The third-order valence-electron chi connectivity index (χ3n) is 3.19. The highest BCUT2D eigenvalue weighted by Crippen LogP contribution is 2.20. The average molecular weight is 250 g/mol. The maximum absolute atomic E-state index is 12.1. The summed E-state index contributed by atoms with van der Waals surface area (Å²) in [4.78, 5) is 24.8. The second-order valence-electron chi connectivity index (χ2n) is 4.82. The van der Waals surface area contributed by atoms with Gasteiger partial charge in [0.15, 0.2) is 11.6 Å². The van der Waals surface area contributed by atoms with E-state index in [0.717, 1.165) is 25.9 Å². The van der Waals surface area contributed by atoms with Gasteiger partial charge >= 0.3 is 0 Å². The lowest BCUT2D eigenvalue weighted by molar-refractivity contribution is -0.114. The van der Waals surface area contributed by atoms with E-state index in [2.05, 4.69) is 12.2 Å². The van der Waals surface area contributed by atoms with E-state index in [0.29, 0.717) is 11.8 Å². The summed E-state index contributed by atoms with van der Waals surface area (Å²) in [5, 5.41) is 2.51. The van der Waals surface area contributed by atoms with E-state index in [4.69, 9.17) is 4.42 Å². The minimum absolute atomic E-state index is 0.0986. The Morgan fingerprint density at radius 3 is 2.61 bits per heavy atom. The number of amides is 2. The number of hydrogen-bond donors (Lipinski definition) is 1. The zero-order valence-electron chi connectivity index (χ0n) is 10.7. The number of furan rings is 1. The Morgan fingerprint density at radius 1 is 1.33 bits per heavy atom. The Bertz CT molecular complexity index is 445. The summed E-state index contributed by atoms with van der Waals surface area (Å²) < 4.78 is 5.31. The molecule has 2 rings (SSSR count). The summed E-state index contributed by atoms with van der Waals surface area (Å²) in [5.74, 6) is 0.971. The number of carbonyl (C=O) groups excluding carboxylic acids is 2. The molecule has 0 saturated carbocycles. The number of carbonyl (C=O) groups is 2. The van der Waals surface area contributed by atoms with E-state index < -0.39 is 0 Å². The lowest BCUT2D eigenvalue weighted by Crippen LogP contribution is -2.37. The monoisotopic (exact) mass is 250 g/mol. The van der Waals surface area contributed by atoms with Crippen molar-refractivity contribution in [1.82, 2.24) is 4.90 Å². The molecule has 1 N–H and O–H groups in total. The van der Waals surface area contributed by atoms with Gasteiger partial charge in [0, 0.05) is 26.1 Å². The van der Waals surface area contributed by atoms with Crippen LogP contribution in [0, 0.1) is 5.92 Å². The maximum atomic E-state index is 12.1. The molecular formula is C13H18N2O3. The Morgan fingerprint density at radius 2 is 2.00 bits per heavy atom. The van der Waals surface area contributed by atoms with Gasteiger partial charge in [-0.2, -0.15) is 0 Å². The van der Waals surface area contributed by atoms with E-state index in [1.54, 1.807) is 17.0 Å². The molecule has 1 fully saturated rings. The SMILES string of the molecule is CC(=O)Nc1ccc(C(=O)N2CCC(C)CC2)o1. The Kier molecular flexibility index (Phi) is 3.69. The van der Waals surface area contributed by atoms with Crippen LogP contribution in [0.3, 0.4) is 0 Å². The largest absolute Gasteiger partial charge is 0.435 e. The first-order chi connectivity index (χ1) is 8.56. The highest BCUT2D eigenvalue weighted by atomic mass is 16.4. The van der Waals surface area contributed by atoms with Gasteiger partial charge in [-0.1, -0.05) is 6.92 Å². The molecule has 1 aromatic rings. The van der Waals surface area contributed by atoms with Gasteiger partial charge in [-0.05, 0) is 24.8 Å². The standard InChI is InChI=1S/C13H18N2O3/c1-9-5-7-15(8-6-9)13(17)11-3-4-12(18-11)14-10(2)16/h3-4,9H,5-8H2,1-2H3,(H,14,16). The maximum Gasteiger partial charge on any atom is 0.289 e. The summed E-state index contributed by atoms with van der Waals surface area (Å²) in [6.07, 6.45) is 2.07. The summed E-state index contributed by atoms with van der Waals surface area (Å²) in [6.45, 7) is 5.14. The van der Waals surface area contributed by atoms with Crippen molar-refractivity contribution in [3.8, 4) is 0 Å². The third kappa shape index (κ3) is 2.91. The summed E-state index contributed by atoms with van der Waals surface area (Å²) in [5.41, 5.74) is 0. The molecule has 0 spiro atoms. The van der Waals surface area contributed by atoms with Crippen LogP contribution >= 0.6 is 0 Å². The first kappa shape index (κ1) is 12.7. The first-order valence-corrected chi connectivity index (χ1v) is 6.23. The molecule has 0 radical (unpaired) electrons. The Balaban J connectivity index is 2.00. The number of nitrogens with one attached hydrogen (secondary N) is 1. The zero-order valence-corrected chi connectivity index (χ0v) is 10.7. The van der Waals surface area contributed by atoms with Gasteiger partial charge in [0.1, 0.15) is 0 Å². The summed E-state index contributed by atoms with van der Waals surface area (Å²) in [6, 6.07) is 3.20. The van der Waals surface area contributed by atoms with Crippen LogP contribution in [0.2, 0.25) is 0 Å². The van der Waals surface area contributed by atoms with Crippen LogP contribution in [0.15, 0.2) is 16.5 Å². The highest BCUT2D eigenvalue weighted by Gasteiger charge is 2.23. The van der Waals surface area contributed by atoms with E-state index in [-0.39, 0.29) is 17.6 Å². The van der Waals surface area contributed by atoms with E-state index >= 15 is 0 Å². The fourth-order valence-electron chi connectivity index (χ4n) is 2.06. The molecule has 2 heterocycles. The number of likely N-dealkylation sites (tertiary alicyclic amines) is 1. The zero-order chi connectivity index (χ0) is 13.1. The van der Waals surface area contributed by atoms with E-state index in [9.17, 15) is 9.59 Å². The smallest absolute Gasteiger partial charge is 0.289 e. The molecule has 0 bridgehead atoms. The molecule has 1 aliphatic heterocycles. The molecule has 2 amide bonds. The van der Waals surface area contributed by atoms with Gasteiger partial charge < -0.3 is 9.32 Å². The van der Waals surface area contributed by atoms with E-state index in [1.165, 1.54) is 6.92 Å². The molecular weight excluding hydrogens is 232 g/mol. The fourth-order valence-corrected chi connectivity index (χ4v) is 2.06. The number of hydrogen-bond acceptors (Lipinski definition) is 3. The van der Waals surface area contributed by atoms with Crippen molar-refractivity contribution < 1.29 is 14.0 Å². The lowest BCUT2D eigenvalue weighted by Gasteiger charge is -2.29. The normalized spacial score (nSPS) is 16.7. The van der Waals surface area contributed by atoms with Crippen molar-refractivity contribution in [1.29, 1.82) is 0 Å². The number of nitrogens with zero attached hydrogens (tertiary/aromatic N) is 1. The van der Waals surface area contributed by atoms with Gasteiger partial charge in [-0.3, -0.25) is 14.9 Å². The van der Waals surface area contributed by atoms with Crippen LogP contribution in [0.1, 0.15) is 37.2 Å². The van der Waals surface area contributed by atoms with Gasteiger partial charge in [0.25, 0.3) is 5.91 Å². The molecule has 0 unspecified atom stereocenters. The number of anilines is 1. The predicted octanol–water partition coefficient (Wildman–Crippen LogP) is 2.11. The molecule has 0 aromatic carbocycles. The minimum atomic E-state index is -0.213. The second kappa shape index (κ2) is 5.25. The van der Waals surface area contributed by atoms with Gasteiger partial charge in [-0.25, -0.2) is 0 Å². The van der Waals surface area contributed by atoms with E-state index in [1.807, 2.05) is 0 Å². The quantitative estimate of drug-likeness (QED) is 0.874. The number of piperidine rings is 1. The highest BCUT2D eigenvalue weighted by molar-refractivity contribution is 5.93. The molecule has 5 nitrogen and oxygen atoms in total. The van der Waals surface area contributed by atoms with Crippen LogP contribution in [0.5, 0.6) is 0 Å². The summed E-state index contributed by atoms with van der Waals surface area (Å²) >= 11 is 0. The average Bonchev–Trinajstić information content (AvgIpc) is 2.76. The van der Waals surface area contributed by atoms with Crippen LogP contribution in [0.25, 0.3) is 0 Å². The molecule has 0 atom stereocenters. The molecule has 18 heavy (non-hydrogen) atoms. The van der Waals surface area contributed by atoms with Crippen LogP contribution in [-0.2, 0) is 4.79 Å². The Hall–Kier alpha value is -1.78. The summed E-state index contributed by atoms with van der Waals surface area (Å²) in [7, 11) is 0. The third-order valence-corrected chi connectivity index (χ3v) is 3.19. The molecule has 1 saturated heterocycles. The van der Waals surface area contributed by atoms with Gasteiger partial charge in [0.05, 0.1) is 0 Å².